The van der Waals surface area contributed by atoms with Gasteiger partial charge in [-0.3, -0.25) is 9.69 Å². The Hall–Kier alpha value is -2.24. The zero-order chi connectivity index (χ0) is 20.4. The predicted octanol–water partition coefficient (Wildman–Crippen LogP) is 4.67. The molecule has 0 aliphatic carbocycles. The number of likely N-dealkylation sites (N-methyl/N-ethyl adjacent to an activating group) is 1. The van der Waals surface area contributed by atoms with E-state index in [1.54, 1.807) is 11.3 Å². The van der Waals surface area contributed by atoms with Crippen molar-refractivity contribution in [3.05, 3.63) is 58.1 Å². The number of benzene rings is 2. The molecule has 0 saturated heterocycles. The highest BCUT2D eigenvalue weighted by Crippen LogP contribution is 2.32. The smallest absolute Gasteiger partial charge is 0.233 e. The lowest BCUT2D eigenvalue weighted by molar-refractivity contribution is -0.118. The molecule has 0 aliphatic heterocycles. The minimum absolute atomic E-state index is 0.101. The number of nitrogens with zero attached hydrogens (tertiary/aromatic N) is 3. The van der Waals surface area contributed by atoms with Crippen LogP contribution < -0.4 is 4.90 Å². The van der Waals surface area contributed by atoms with Gasteiger partial charge in [-0.05, 0) is 70.1 Å². The Morgan fingerprint density at radius 3 is 2.43 bits per heavy atom. The fraction of sp³-hybridized carbons (Fsp3) is 0.391. The quantitative estimate of drug-likeness (QED) is 0.609. The van der Waals surface area contributed by atoms with Crippen molar-refractivity contribution in [2.24, 2.45) is 0 Å². The van der Waals surface area contributed by atoms with Crippen molar-refractivity contribution < 1.29 is 4.79 Å². The highest BCUT2D eigenvalue weighted by molar-refractivity contribution is 7.22. The number of hydrogen-bond donors (Lipinski definition) is 0. The second kappa shape index (κ2) is 8.41. The topological polar surface area (TPSA) is 36.4 Å². The minimum atomic E-state index is 0.101. The second-order valence-electron chi connectivity index (χ2n) is 7.88. The molecule has 2 aromatic carbocycles. The molecule has 0 saturated carbocycles. The number of carbonyl (C=O) groups excluding carboxylic acids is 1. The molecule has 148 valence electrons. The SMILES string of the molecule is Cc1ccc(C)c(CC(=O)N(CCN(C)C)c2nc3cc(C)cc(C)c3s2)c1. The lowest BCUT2D eigenvalue weighted by Crippen LogP contribution is -2.37. The zero-order valence-electron chi connectivity index (χ0n) is 17.7. The van der Waals surface area contributed by atoms with E-state index < -0.39 is 0 Å². The molecule has 0 N–H and O–H groups in total. The predicted molar refractivity (Wildman–Crippen MR) is 120 cm³/mol. The standard InChI is InChI=1S/C23H29N3OS/c1-15-7-8-17(3)19(12-15)14-21(27)26(10-9-25(5)6)23-24-20-13-16(2)11-18(4)22(20)28-23/h7-8,11-13H,9-10,14H2,1-6H3. The van der Waals surface area contributed by atoms with Crippen LogP contribution in [0.3, 0.4) is 0 Å². The Labute approximate surface area is 171 Å². The van der Waals surface area contributed by atoms with Crippen LogP contribution in [0.15, 0.2) is 30.3 Å². The first-order valence-corrected chi connectivity index (χ1v) is 10.5. The average Bonchev–Trinajstić information content (AvgIpc) is 3.02. The number of carbonyl (C=O) groups is 1. The molecule has 0 aliphatic rings. The van der Waals surface area contributed by atoms with Gasteiger partial charge in [-0.25, -0.2) is 4.98 Å². The maximum absolute atomic E-state index is 13.3. The number of anilines is 1. The van der Waals surface area contributed by atoms with Gasteiger partial charge in [0.2, 0.25) is 5.91 Å². The summed E-state index contributed by atoms with van der Waals surface area (Å²) in [5, 5.41) is 0.792. The second-order valence-corrected chi connectivity index (χ2v) is 8.86. The molecule has 3 aromatic rings. The maximum atomic E-state index is 13.3. The van der Waals surface area contributed by atoms with Crippen molar-refractivity contribution in [2.75, 3.05) is 32.1 Å². The maximum Gasteiger partial charge on any atom is 0.233 e. The first-order valence-electron chi connectivity index (χ1n) is 9.63. The lowest BCUT2D eigenvalue weighted by Gasteiger charge is -2.22. The van der Waals surface area contributed by atoms with Crippen LogP contribution in [0.25, 0.3) is 10.2 Å². The molecule has 1 aromatic heterocycles. The Morgan fingerprint density at radius 2 is 1.71 bits per heavy atom. The molecule has 0 unspecified atom stereocenters. The van der Waals surface area contributed by atoms with Gasteiger partial charge >= 0.3 is 0 Å². The van der Waals surface area contributed by atoms with Crippen LogP contribution in [0, 0.1) is 27.7 Å². The number of amides is 1. The van der Waals surface area contributed by atoms with Gasteiger partial charge in [-0.15, -0.1) is 0 Å². The zero-order valence-corrected chi connectivity index (χ0v) is 18.5. The summed E-state index contributed by atoms with van der Waals surface area (Å²) in [7, 11) is 4.05. The van der Waals surface area contributed by atoms with Gasteiger partial charge in [0, 0.05) is 13.1 Å². The van der Waals surface area contributed by atoms with E-state index in [1.165, 1.54) is 16.7 Å². The summed E-state index contributed by atoms with van der Waals surface area (Å²) in [6.07, 6.45) is 0.398. The largest absolute Gasteiger partial charge is 0.308 e. The van der Waals surface area contributed by atoms with E-state index in [2.05, 4.69) is 62.9 Å². The number of aryl methyl sites for hydroxylation is 4. The summed E-state index contributed by atoms with van der Waals surface area (Å²) in [5.41, 5.74) is 6.82. The van der Waals surface area contributed by atoms with Gasteiger partial charge in [0.15, 0.2) is 5.13 Å². The van der Waals surface area contributed by atoms with Gasteiger partial charge in [-0.2, -0.15) is 0 Å². The van der Waals surface area contributed by atoms with Gasteiger partial charge in [0.05, 0.1) is 16.6 Å². The van der Waals surface area contributed by atoms with Gasteiger partial charge < -0.3 is 4.90 Å². The molecule has 3 rings (SSSR count). The molecular formula is C23H29N3OS. The molecule has 28 heavy (non-hydrogen) atoms. The van der Waals surface area contributed by atoms with Crippen LogP contribution in [-0.2, 0) is 11.2 Å². The van der Waals surface area contributed by atoms with Crippen LogP contribution in [0.1, 0.15) is 27.8 Å². The summed E-state index contributed by atoms with van der Waals surface area (Å²) in [5.74, 6) is 0.101. The Bertz CT molecular complexity index is 1010. The molecule has 1 heterocycles. The van der Waals surface area contributed by atoms with Crippen LogP contribution in [-0.4, -0.2) is 43.0 Å². The molecule has 4 nitrogen and oxygen atoms in total. The molecule has 0 spiro atoms. The van der Waals surface area contributed by atoms with Crippen molar-refractivity contribution in [2.45, 2.75) is 34.1 Å². The minimum Gasteiger partial charge on any atom is -0.308 e. The van der Waals surface area contributed by atoms with Crippen LogP contribution >= 0.6 is 11.3 Å². The van der Waals surface area contributed by atoms with Crippen molar-refractivity contribution >= 4 is 32.6 Å². The van der Waals surface area contributed by atoms with Crippen LogP contribution in [0.2, 0.25) is 0 Å². The summed E-state index contributed by atoms with van der Waals surface area (Å²) < 4.78 is 1.16. The lowest BCUT2D eigenvalue weighted by atomic mass is 10.0. The summed E-state index contributed by atoms with van der Waals surface area (Å²) in [6, 6.07) is 10.6. The summed E-state index contributed by atoms with van der Waals surface area (Å²) in [4.78, 5) is 22.1. The van der Waals surface area contributed by atoms with Crippen molar-refractivity contribution in [1.82, 2.24) is 9.88 Å². The third-order valence-corrected chi connectivity index (χ3v) is 6.19. The van der Waals surface area contributed by atoms with Crippen LogP contribution in [0.5, 0.6) is 0 Å². The van der Waals surface area contributed by atoms with E-state index in [4.69, 9.17) is 4.98 Å². The summed E-state index contributed by atoms with van der Waals surface area (Å²) >= 11 is 1.61. The molecule has 0 radical (unpaired) electrons. The molecule has 0 atom stereocenters. The molecule has 0 bridgehead atoms. The molecule has 0 fully saturated rings. The van der Waals surface area contributed by atoms with E-state index in [1.807, 2.05) is 19.0 Å². The first-order chi connectivity index (χ1) is 13.2. The van der Waals surface area contributed by atoms with E-state index in [0.29, 0.717) is 13.0 Å². The van der Waals surface area contributed by atoms with E-state index >= 15 is 0 Å². The fourth-order valence-corrected chi connectivity index (χ4v) is 4.42. The Balaban J connectivity index is 1.95. The normalized spacial score (nSPS) is 11.4. The highest BCUT2D eigenvalue weighted by Gasteiger charge is 2.21. The van der Waals surface area contributed by atoms with Crippen molar-refractivity contribution in [3.63, 3.8) is 0 Å². The monoisotopic (exact) mass is 395 g/mol. The van der Waals surface area contributed by atoms with Gasteiger partial charge in [-0.1, -0.05) is 41.2 Å². The third kappa shape index (κ3) is 4.59. The van der Waals surface area contributed by atoms with E-state index in [-0.39, 0.29) is 5.91 Å². The fourth-order valence-electron chi connectivity index (χ4n) is 3.36. The number of hydrogen-bond acceptors (Lipinski definition) is 4. The van der Waals surface area contributed by atoms with Crippen molar-refractivity contribution in [3.8, 4) is 0 Å². The third-order valence-electron chi connectivity index (χ3n) is 4.96. The number of fused-ring (bicyclic) bond motifs is 1. The summed E-state index contributed by atoms with van der Waals surface area (Å²) in [6.45, 7) is 9.76. The molecule has 1 amide bonds. The first kappa shape index (κ1) is 20.5. The Kier molecular flexibility index (Phi) is 6.16. The van der Waals surface area contributed by atoms with E-state index in [0.717, 1.165) is 33.0 Å². The number of aromatic nitrogens is 1. The molecule has 5 heteroatoms. The number of thiazole rings is 1. The van der Waals surface area contributed by atoms with Crippen LogP contribution in [0.4, 0.5) is 5.13 Å². The number of rotatable bonds is 6. The van der Waals surface area contributed by atoms with Gasteiger partial charge in [0.1, 0.15) is 0 Å². The highest BCUT2D eigenvalue weighted by atomic mass is 32.1. The average molecular weight is 396 g/mol. The van der Waals surface area contributed by atoms with E-state index in [9.17, 15) is 4.79 Å². The Morgan fingerprint density at radius 1 is 0.964 bits per heavy atom. The van der Waals surface area contributed by atoms with Crippen molar-refractivity contribution in [1.29, 1.82) is 0 Å². The van der Waals surface area contributed by atoms with Gasteiger partial charge in [0.25, 0.3) is 0 Å². The molecular weight excluding hydrogens is 366 g/mol.